The molecular weight excluding hydrogens is 410 g/mol. The van der Waals surface area contributed by atoms with Crippen molar-refractivity contribution in [1.82, 2.24) is 9.78 Å². The molecule has 0 spiro atoms. The van der Waals surface area contributed by atoms with Gasteiger partial charge in [-0.3, -0.25) is 9.48 Å². The van der Waals surface area contributed by atoms with E-state index in [1.54, 1.807) is 22.9 Å². The van der Waals surface area contributed by atoms with Crippen molar-refractivity contribution in [2.75, 3.05) is 5.32 Å². The normalized spacial score (nSPS) is 10.6. The Kier molecular flexibility index (Phi) is 6.34. The van der Waals surface area contributed by atoms with Crippen molar-refractivity contribution in [2.24, 2.45) is 0 Å². The molecule has 0 aliphatic heterocycles. The summed E-state index contributed by atoms with van der Waals surface area (Å²) in [6, 6.07) is 24.8. The molecule has 1 aromatic heterocycles. The zero-order chi connectivity index (χ0) is 21.6. The third-order valence-corrected chi connectivity index (χ3v) is 5.05. The molecule has 156 valence electrons. The molecule has 0 radical (unpaired) electrons. The maximum Gasteiger partial charge on any atom is 0.256 e. The molecule has 3 aromatic carbocycles. The van der Waals surface area contributed by atoms with Crippen molar-refractivity contribution < 1.29 is 9.53 Å². The Balaban J connectivity index is 1.38. The number of anilines is 1. The minimum atomic E-state index is -0.222. The van der Waals surface area contributed by atoms with Gasteiger partial charge in [0.25, 0.3) is 5.91 Å². The van der Waals surface area contributed by atoms with Crippen molar-refractivity contribution in [1.29, 1.82) is 0 Å². The van der Waals surface area contributed by atoms with Crippen LogP contribution < -0.4 is 10.1 Å². The highest BCUT2D eigenvalue weighted by molar-refractivity contribution is 6.32. The molecule has 6 heteroatoms. The summed E-state index contributed by atoms with van der Waals surface area (Å²) in [5.41, 5.74) is 3.62. The lowest BCUT2D eigenvalue weighted by molar-refractivity contribution is 0.102. The first-order valence-corrected chi connectivity index (χ1v) is 10.3. The number of carbonyl (C=O) groups excluding carboxylic acids is 1. The SMILES string of the molecule is Cc1ccc(Cl)c(OCc2cccc(C(=O)Nc3ccn(Cc4ccccc4)n3)c2)c1. The molecular formula is C25H22ClN3O2. The monoisotopic (exact) mass is 431 g/mol. The Hall–Kier alpha value is -3.57. The van der Waals surface area contributed by atoms with Crippen LogP contribution in [0.4, 0.5) is 5.82 Å². The van der Waals surface area contributed by atoms with E-state index in [9.17, 15) is 4.79 Å². The minimum Gasteiger partial charge on any atom is -0.487 e. The average Bonchev–Trinajstić information content (AvgIpc) is 3.22. The first kappa shape index (κ1) is 20.7. The zero-order valence-corrected chi connectivity index (χ0v) is 17.8. The van der Waals surface area contributed by atoms with E-state index in [4.69, 9.17) is 16.3 Å². The molecule has 0 saturated carbocycles. The number of hydrogen-bond acceptors (Lipinski definition) is 3. The average molecular weight is 432 g/mol. The molecule has 0 unspecified atom stereocenters. The molecule has 31 heavy (non-hydrogen) atoms. The second-order valence-corrected chi connectivity index (χ2v) is 7.67. The van der Waals surface area contributed by atoms with Gasteiger partial charge in [-0.05, 0) is 47.9 Å². The third-order valence-electron chi connectivity index (χ3n) is 4.74. The summed E-state index contributed by atoms with van der Waals surface area (Å²) in [7, 11) is 0. The molecule has 0 atom stereocenters. The quantitative estimate of drug-likeness (QED) is 0.407. The van der Waals surface area contributed by atoms with Gasteiger partial charge in [-0.2, -0.15) is 5.10 Å². The Morgan fingerprint density at radius 3 is 2.65 bits per heavy atom. The highest BCUT2D eigenvalue weighted by Crippen LogP contribution is 2.26. The van der Waals surface area contributed by atoms with Gasteiger partial charge in [-0.1, -0.05) is 60.1 Å². The Morgan fingerprint density at radius 1 is 1.00 bits per heavy atom. The van der Waals surface area contributed by atoms with E-state index in [0.29, 0.717) is 35.3 Å². The smallest absolute Gasteiger partial charge is 0.256 e. The van der Waals surface area contributed by atoms with Crippen LogP contribution in [-0.2, 0) is 13.2 Å². The summed E-state index contributed by atoms with van der Waals surface area (Å²) in [6.07, 6.45) is 1.85. The van der Waals surface area contributed by atoms with Gasteiger partial charge in [0.05, 0.1) is 11.6 Å². The number of halogens is 1. The molecule has 0 bridgehead atoms. The fraction of sp³-hybridized carbons (Fsp3) is 0.120. The molecule has 4 rings (SSSR count). The van der Waals surface area contributed by atoms with Crippen molar-refractivity contribution in [3.05, 3.63) is 112 Å². The molecule has 1 heterocycles. The van der Waals surface area contributed by atoms with E-state index in [0.717, 1.165) is 16.7 Å². The summed E-state index contributed by atoms with van der Waals surface area (Å²) in [6.45, 7) is 2.94. The van der Waals surface area contributed by atoms with Crippen LogP contribution >= 0.6 is 11.6 Å². The van der Waals surface area contributed by atoms with Crippen LogP contribution in [0.1, 0.15) is 27.0 Å². The summed E-state index contributed by atoms with van der Waals surface area (Å²) in [4.78, 5) is 12.7. The van der Waals surface area contributed by atoms with Crippen LogP contribution in [0.3, 0.4) is 0 Å². The second-order valence-electron chi connectivity index (χ2n) is 7.26. The molecule has 1 N–H and O–H groups in total. The van der Waals surface area contributed by atoms with Crippen LogP contribution in [0, 0.1) is 6.92 Å². The number of rotatable bonds is 7. The maximum atomic E-state index is 12.7. The summed E-state index contributed by atoms with van der Waals surface area (Å²) >= 11 is 6.19. The van der Waals surface area contributed by atoms with E-state index in [1.165, 1.54) is 0 Å². The number of aryl methyl sites for hydroxylation is 1. The molecule has 0 fully saturated rings. The van der Waals surface area contributed by atoms with Gasteiger partial charge in [-0.15, -0.1) is 0 Å². The van der Waals surface area contributed by atoms with Crippen LogP contribution in [-0.4, -0.2) is 15.7 Å². The number of benzene rings is 3. The number of ether oxygens (including phenoxy) is 1. The number of nitrogens with one attached hydrogen (secondary N) is 1. The van der Waals surface area contributed by atoms with Crippen molar-refractivity contribution in [3.8, 4) is 5.75 Å². The lowest BCUT2D eigenvalue weighted by Gasteiger charge is -2.10. The van der Waals surface area contributed by atoms with Gasteiger partial charge in [0.15, 0.2) is 5.82 Å². The summed E-state index contributed by atoms with van der Waals surface area (Å²) in [5, 5.41) is 7.84. The van der Waals surface area contributed by atoms with Gasteiger partial charge < -0.3 is 10.1 Å². The van der Waals surface area contributed by atoms with Gasteiger partial charge in [0.1, 0.15) is 12.4 Å². The third kappa shape index (κ3) is 5.53. The van der Waals surface area contributed by atoms with E-state index in [-0.39, 0.29) is 5.91 Å². The molecule has 0 aliphatic carbocycles. The predicted octanol–water partition coefficient (Wildman–Crippen LogP) is 5.72. The maximum absolute atomic E-state index is 12.7. The topological polar surface area (TPSA) is 56.1 Å². The van der Waals surface area contributed by atoms with E-state index in [2.05, 4.69) is 10.4 Å². The fourth-order valence-corrected chi connectivity index (χ4v) is 3.33. The van der Waals surface area contributed by atoms with Crippen LogP contribution in [0.2, 0.25) is 5.02 Å². The lowest BCUT2D eigenvalue weighted by Crippen LogP contribution is -2.13. The van der Waals surface area contributed by atoms with Gasteiger partial charge in [0.2, 0.25) is 0 Å². The Morgan fingerprint density at radius 2 is 1.81 bits per heavy atom. The molecule has 0 aliphatic rings. The van der Waals surface area contributed by atoms with Crippen LogP contribution in [0.25, 0.3) is 0 Å². The van der Waals surface area contributed by atoms with Gasteiger partial charge in [-0.25, -0.2) is 0 Å². The van der Waals surface area contributed by atoms with Crippen LogP contribution in [0.5, 0.6) is 5.75 Å². The van der Waals surface area contributed by atoms with E-state index in [1.807, 2.05) is 73.8 Å². The molecule has 0 saturated heterocycles. The summed E-state index contributed by atoms with van der Waals surface area (Å²) in [5.74, 6) is 0.912. The Bertz CT molecular complexity index is 1190. The molecule has 1 amide bonds. The number of nitrogens with zero attached hydrogens (tertiary/aromatic N) is 2. The van der Waals surface area contributed by atoms with Crippen molar-refractivity contribution >= 4 is 23.3 Å². The van der Waals surface area contributed by atoms with Gasteiger partial charge in [0, 0.05) is 17.8 Å². The van der Waals surface area contributed by atoms with Crippen molar-refractivity contribution in [2.45, 2.75) is 20.1 Å². The van der Waals surface area contributed by atoms with Crippen LogP contribution in [0.15, 0.2) is 85.1 Å². The zero-order valence-electron chi connectivity index (χ0n) is 17.1. The molecule has 4 aromatic rings. The molecule has 5 nitrogen and oxygen atoms in total. The first-order valence-electron chi connectivity index (χ1n) is 9.93. The number of carbonyl (C=O) groups is 1. The number of hydrogen-bond donors (Lipinski definition) is 1. The second kappa shape index (κ2) is 9.49. The highest BCUT2D eigenvalue weighted by Gasteiger charge is 2.10. The van der Waals surface area contributed by atoms with E-state index < -0.39 is 0 Å². The number of aromatic nitrogens is 2. The largest absolute Gasteiger partial charge is 0.487 e. The van der Waals surface area contributed by atoms with E-state index >= 15 is 0 Å². The Labute approximate surface area is 186 Å². The van der Waals surface area contributed by atoms with Crippen molar-refractivity contribution in [3.63, 3.8) is 0 Å². The number of amides is 1. The fourth-order valence-electron chi connectivity index (χ4n) is 3.16. The summed E-state index contributed by atoms with van der Waals surface area (Å²) < 4.78 is 7.63. The standard InChI is InChI=1S/C25H22ClN3O2/c1-18-10-11-22(26)23(14-18)31-17-20-8-5-9-21(15-20)25(30)27-24-12-13-29(28-24)16-19-6-3-2-4-7-19/h2-15H,16-17H2,1H3,(H,27,28,30). The minimum absolute atomic E-state index is 0.222. The first-order chi connectivity index (χ1) is 15.1. The highest BCUT2D eigenvalue weighted by atomic mass is 35.5. The predicted molar refractivity (Wildman–Crippen MR) is 123 cm³/mol. The lowest BCUT2D eigenvalue weighted by atomic mass is 10.1. The van der Waals surface area contributed by atoms with Gasteiger partial charge >= 0.3 is 0 Å².